The largest absolute Gasteiger partial charge is 0.330 e. The van der Waals surface area contributed by atoms with Gasteiger partial charge in [0, 0.05) is 18.3 Å². The lowest BCUT2D eigenvalue weighted by atomic mass is 10.2. The summed E-state index contributed by atoms with van der Waals surface area (Å²) in [6, 6.07) is 1.98. The molecule has 0 aromatic carbocycles. The zero-order chi connectivity index (χ0) is 9.52. The normalized spacial score (nSPS) is 10.3. The molecule has 3 heteroatoms. The molecule has 1 heterocycles. The summed E-state index contributed by atoms with van der Waals surface area (Å²) >= 11 is 0. The first kappa shape index (κ1) is 10.1. The van der Waals surface area contributed by atoms with E-state index in [0.717, 1.165) is 37.2 Å². The highest BCUT2D eigenvalue weighted by molar-refractivity contribution is 5.02. The predicted octanol–water partition coefficient (Wildman–Crippen LogP) is 1.32. The van der Waals surface area contributed by atoms with Crippen LogP contribution in [-0.4, -0.2) is 16.5 Å². The average molecular weight is 179 g/mol. The van der Waals surface area contributed by atoms with E-state index < -0.39 is 0 Å². The second-order valence-electron chi connectivity index (χ2n) is 3.11. The summed E-state index contributed by atoms with van der Waals surface area (Å²) in [7, 11) is 0. The first-order valence-electron chi connectivity index (χ1n) is 4.87. The van der Waals surface area contributed by atoms with Crippen LogP contribution in [0.3, 0.4) is 0 Å². The SMILES string of the molecule is CCCc1ccnc(CCCN)n1. The van der Waals surface area contributed by atoms with Gasteiger partial charge in [0.2, 0.25) is 0 Å². The Morgan fingerprint density at radius 2 is 2.23 bits per heavy atom. The quantitative estimate of drug-likeness (QED) is 0.741. The van der Waals surface area contributed by atoms with Crippen molar-refractivity contribution in [2.24, 2.45) is 5.73 Å². The van der Waals surface area contributed by atoms with Crippen LogP contribution >= 0.6 is 0 Å². The standard InChI is InChI=1S/C10H17N3/c1-2-4-9-6-8-12-10(13-9)5-3-7-11/h6,8H,2-5,7,11H2,1H3. The summed E-state index contributed by atoms with van der Waals surface area (Å²) in [6.07, 6.45) is 5.87. The molecule has 0 atom stereocenters. The van der Waals surface area contributed by atoms with E-state index in [1.54, 1.807) is 0 Å². The second-order valence-corrected chi connectivity index (χ2v) is 3.11. The van der Waals surface area contributed by atoms with Crippen LogP contribution in [0.15, 0.2) is 12.3 Å². The summed E-state index contributed by atoms with van der Waals surface area (Å²) < 4.78 is 0. The van der Waals surface area contributed by atoms with Crippen molar-refractivity contribution in [1.82, 2.24) is 9.97 Å². The van der Waals surface area contributed by atoms with Gasteiger partial charge in [-0.3, -0.25) is 0 Å². The van der Waals surface area contributed by atoms with Crippen molar-refractivity contribution in [2.45, 2.75) is 32.6 Å². The fraction of sp³-hybridized carbons (Fsp3) is 0.600. The molecule has 0 aliphatic rings. The van der Waals surface area contributed by atoms with Gasteiger partial charge in [0.1, 0.15) is 5.82 Å². The van der Waals surface area contributed by atoms with E-state index in [2.05, 4.69) is 16.9 Å². The smallest absolute Gasteiger partial charge is 0.128 e. The summed E-state index contributed by atoms with van der Waals surface area (Å²) in [5.41, 5.74) is 6.56. The fourth-order valence-corrected chi connectivity index (χ4v) is 1.22. The zero-order valence-corrected chi connectivity index (χ0v) is 8.16. The Labute approximate surface area is 79.4 Å². The maximum absolute atomic E-state index is 5.42. The molecule has 0 spiro atoms. The highest BCUT2D eigenvalue weighted by Crippen LogP contribution is 2.00. The van der Waals surface area contributed by atoms with E-state index in [1.165, 1.54) is 0 Å². The lowest BCUT2D eigenvalue weighted by molar-refractivity contribution is 0.760. The molecular weight excluding hydrogens is 162 g/mol. The van der Waals surface area contributed by atoms with E-state index >= 15 is 0 Å². The van der Waals surface area contributed by atoms with E-state index in [-0.39, 0.29) is 0 Å². The minimum atomic E-state index is 0.710. The van der Waals surface area contributed by atoms with Gasteiger partial charge in [-0.05, 0) is 25.5 Å². The molecule has 2 N–H and O–H groups in total. The second kappa shape index (κ2) is 5.65. The molecule has 0 fully saturated rings. The molecule has 0 aliphatic carbocycles. The fourth-order valence-electron chi connectivity index (χ4n) is 1.22. The van der Waals surface area contributed by atoms with Crippen molar-refractivity contribution in [3.05, 3.63) is 23.8 Å². The number of rotatable bonds is 5. The molecule has 72 valence electrons. The number of nitrogens with two attached hydrogens (primary N) is 1. The Morgan fingerprint density at radius 1 is 1.38 bits per heavy atom. The van der Waals surface area contributed by atoms with E-state index in [4.69, 9.17) is 5.73 Å². The van der Waals surface area contributed by atoms with Gasteiger partial charge in [-0.15, -0.1) is 0 Å². The Bertz CT molecular complexity index is 248. The van der Waals surface area contributed by atoms with Crippen molar-refractivity contribution in [3.63, 3.8) is 0 Å². The minimum absolute atomic E-state index is 0.710. The topological polar surface area (TPSA) is 51.8 Å². The molecule has 0 bridgehead atoms. The third-order valence-corrected chi connectivity index (χ3v) is 1.87. The van der Waals surface area contributed by atoms with Crippen molar-refractivity contribution in [2.75, 3.05) is 6.54 Å². The van der Waals surface area contributed by atoms with Crippen LogP contribution in [0.2, 0.25) is 0 Å². The number of hydrogen-bond acceptors (Lipinski definition) is 3. The van der Waals surface area contributed by atoms with E-state index in [9.17, 15) is 0 Å². The van der Waals surface area contributed by atoms with Gasteiger partial charge in [-0.25, -0.2) is 9.97 Å². The van der Waals surface area contributed by atoms with Gasteiger partial charge in [0.15, 0.2) is 0 Å². The maximum atomic E-state index is 5.42. The minimum Gasteiger partial charge on any atom is -0.330 e. The van der Waals surface area contributed by atoms with Gasteiger partial charge in [-0.1, -0.05) is 13.3 Å². The lowest BCUT2D eigenvalue weighted by Crippen LogP contribution is -2.04. The van der Waals surface area contributed by atoms with Crippen LogP contribution in [-0.2, 0) is 12.8 Å². The Morgan fingerprint density at radius 3 is 2.92 bits per heavy atom. The third kappa shape index (κ3) is 3.51. The van der Waals surface area contributed by atoms with E-state index in [0.29, 0.717) is 6.54 Å². The summed E-state index contributed by atoms with van der Waals surface area (Å²) in [5.74, 6) is 0.927. The lowest BCUT2D eigenvalue weighted by Gasteiger charge is -2.01. The van der Waals surface area contributed by atoms with E-state index in [1.807, 2.05) is 12.3 Å². The average Bonchev–Trinajstić information content (AvgIpc) is 2.16. The Kier molecular flexibility index (Phi) is 4.40. The monoisotopic (exact) mass is 179 g/mol. The Hall–Kier alpha value is -0.960. The first-order valence-corrected chi connectivity index (χ1v) is 4.87. The molecule has 13 heavy (non-hydrogen) atoms. The zero-order valence-electron chi connectivity index (χ0n) is 8.16. The number of aromatic nitrogens is 2. The van der Waals surface area contributed by atoms with Crippen LogP contribution in [0.25, 0.3) is 0 Å². The van der Waals surface area contributed by atoms with Gasteiger partial charge >= 0.3 is 0 Å². The molecule has 0 unspecified atom stereocenters. The molecule has 0 aliphatic heterocycles. The highest BCUT2D eigenvalue weighted by atomic mass is 14.9. The number of nitrogens with zero attached hydrogens (tertiary/aromatic N) is 2. The van der Waals surface area contributed by atoms with Gasteiger partial charge in [0.05, 0.1) is 0 Å². The van der Waals surface area contributed by atoms with Gasteiger partial charge < -0.3 is 5.73 Å². The molecular formula is C10H17N3. The Balaban J connectivity index is 2.56. The van der Waals surface area contributed by atoms with Crippen LogP contribution < -0.4 is 5.73 Å². The molecule has 1 aromatic rings. The third-order valence-electron chi connectivity index (χ3n) is 1.87. The van der Waals surface area contributed by atoms with Crippen molar-refractivity contribution >= 4 is 0 Å². The number of aryl methyl sites for hydroxylation is 2. The van der Waals surface area contributed by atoms with Crippen molar-refractivity contribution in [1.29, 1.82) is 0 Å². The molecule has 0 saturated carbocycles. The molecule has 0 amide bonds. The van der Waals surface area contributed by atoms with Crippen molar-refractivity contribution in [3.8, 4) is 0 Å². The van der Waals surface area contributed by atoms with Crippen LogP contribution in [0.1, 0.15) is 31.3 Å². The number of hydrogen-bond donors (Lipinski definition) is 1. The van der Waals surface area contributed by atoms with Crippen LogP contribution in [0.5, 0.6) is 0 Å². The predicted molar refractivity (Wildman–Crippen MR) is 53.4 cm³/mol. The van der Waals surface area contributed by atoms with Gasteiger partial charge in [0.25, 0.3) is 0 Å². The molecule has 0 radical (unpaired) electrons. The molecule has 1 aromatic heterocycles. The summed E-state index contributed by atoms with van der Waals surface area (Å²) in [5, 5.41) is 0. The molecule has 1 rings (SSSR count). The van der Waals surface area contributed by atoms with Crippen molar-refractivity contribution < 1.29 is 0 Å². The first-order chi connectivity index (χ1) is 6.36. The highest BCUT2D eigenvalue weighted by Gasteiger charge is 1.97. The maximum Gasteiger partial charge on any atom is 0.128 e. The molecule has 3 nitrogen and oxygen atoms in total. The van der Waals surface area contributed by atoms with Crippen LogP contribution in [0.4, 0.5) is 0 Å². The van der Waals surface area contributed by atoms with Crippen LogP contribution in [0, 0.1) is 0 Å². The summed E-state index contributed by atoms with van der Waals surface area (Å²) in [6.45, 7) is 2.86. The molecule has 0 saturated heterocycles. The summed E-state index contributed by atoms with van der Waals surface area (Å²) in [4.78, 5) is 8.63. The van der Waals surface area contributed by atoms with Gasteiger partial charge in [-0.2, -0.15) is 0 Å².